The van der Waals surface area contributed by atoms with Crippen LogP contribution in [0.4, 0.5) is 0 Å². The fourth-order valence-corrected chi connectivity index (χ4v) is 1.54. The molecule has 0 fully saturated rings. The van der Waals surface area contributed by atoms with Gasteiger partial charge in [-0.15, -0.1) is 0 Å². The molecular weight excluding hydrogens is 204 g/mol. The van der Waals surface area contributed by atoms with Crippen molar-refractivity contribution in [1.82, 2.24) is 15.5 Å². The van der Waals surface area contributed by atoms with Crippen LogP contribution in [0.25, 0.3) is 10.9 Å². The molecular formula is C11H14N4O. The van der Waals surface area contributed by atoms with E-state index in [0.717, 1.165) is 23.0 Å². The van der Waals surface area contributed by atoms with Crippen molar-refractivity contribution in [2.24, 2.45) is 5.73 Å². The van der Waals surface area contributed by atoms with Gasteiger partial charge >= 0.3 is 0 Å². The highest BCUT2D eigenvalue weighted by Crippen LogP contribution is 2.12. The minimum absolute atomic E-state index is 0.281. The first-order valence-electron chi connectivity index (χ1n) is 5.17. The van der Waals surface area contributed by atoms with Gasteiger partial charge in [0, 0.05) is 24.9 Å². The number of hydrogen-bond donors (Lipinski definition) is 3. The molecule has 0 unspecified atom stereocenters. The van der Waals surface area contributed by atoms with Gasteiger partial charge in [-0.1, -0.05) is 12.1 Å². The van der Waals surface area contributed by atoms with Gasteiger partial charge in [0.1, 0.15) is 0 Å². The van der Waals surface area contributed by atoms with E-state index in [1.165, 1.54) is 0 Å². The van der Waals surface area contributed by atoms with Crippen LogP contribution in [0.5, 0.6) is 0 Å². The molecule has 2 aromatic rings. The number of fused-ring (bicyclic) bond motifs is 1. The topological polar surface area (TPSA) is 83.8 Å². The molecule has 0 atom stereocenters. The minimum Gasteiger partial charge on any atom is -0.370 e. The molecule has 0 spiro atoms. The van der Waals surface area contributed by atoms with Gasteiger partial charge < -0.3 is 11.1 Å². The van der Waals surface area contributed by atoms with Crippen molar-refractivity contribution in [3.63, 3.8) is 0 Å². The van der Waals surface area contributed by atoms with E-state index in [0.29, 0.717) is 13.0 Å². The van der Waals surface area contributed by atoms with Gasteiger partial charge in [-0.25, -0.2) is 0 Å². The molecule has 5 nitrogen and oxygen atoms in total. The summed E-state index contributed by atoms with van der Waals surface area (Å²) in [7, 11) is 0. The third-order valence-corrected chi connectivity index (χ3v) is 2.38. The number of H-pyrrole nitrogens is 1. The van der Waals surface area contributed by atoms with Crippen LogP contribution in [0.2, 0.25) is 0 Å². The van der Waals surface area contributed by atoms with Gasteiger partial charge in [-0.2, -0.15) is 5.10 Å². The summed E-state index contributed by atoms with van der Waals surface area (Å²) in [6.07, 6.45) is 2.16. The number of benzene rings is 1. The lowest BCUT2D eigenvalue weighted by Gasteiger charge is -2.03. The molecule has 0 radical (unpaired) electrons. The van der Waals surface area contributed by atoms with Crippen molar-refractivity contribution < 1.29 is 4.79 Å². The fourth-order valence-electron chi connectivity index (χ4n) is 1.54. The summed E-state index contributed by atoms with van der Waals surface area (Å²) in [5.74, 6) is -0.281. The summed E-state index contributed by atoms with van der Waals surface area (Å²) >= 11 is 0. The summed E-state index contributed by atoms with van der Waals surface area (Å²) < 4.78 is 0. The Balaban J connectivity index is 1.91. The van der Waals surface area contributed by atoms with Crippen LogP contribution in [-0.2, 0) is 11.3 Å². The lowest BCUT2D eigenvalue weighted by Crippen LogP contribution is -2.21. The Hall–Kier alpha value is -1.88. The third-order valence-electron chi connectivity index (χ3n) is 2.38. The molecule has 1 aromatic heterocycles. The number of carbonyl (C=O) groups is 1. The van der Waals surface area contributed by atoms with Crippen molar-refractivity contribution in [3.8, 4) is 0 Å². The number of aromatic nitrogens is 2. The predicted octanol–water partition coefficient (Wildman–Crippen LogP) is 0.528. The fraction of sp³-hybridized carbons (Fsp3) is 0.273. The van der Waals surface area contributed by atoms with E-state index < -0.39 is 0 Å². The number of carbonyl (C=O) groups excluding carboxylic acids is 1. The molecule has 16 heavy (non-hydrogen) atoms. The Morgan fingerprint density at radius 2 is 2.38 bits per heavy atom. The Morgan fingerprint density at radius 3 is 3.19 bits per heavy atom. The highest BCUT2D eigenvalue weighted by Gasteiger charge is 1.98. The highest BCUT2D eigenvalue weighted by molar-refractivity contribution is 5.78. The normalized spacial score (nSPS) is 10.8. The zero-order valence-electron chi connectivity index (χ0n) is 8.86. The van der Waals surface area contributed by atoms with Crippen LogP contribution in [0.1, 0.15) is 12.0 Å². The summed E-state index contributed by atoms with van der Waals surface area (Å²) in [4.78, 5) is 10.5. The van der Waals surface area contributed by atoms with Crippen molar-refractivity contribution in [2.75, 3.05) is 6.54 Å². The number of nitrogens with zero attached hydrogens (tertiary/aromatic N) is 1. The quantitative estimate of drug-likeness (QED) is 0.640. The molecule has 0 saturated carbocycles. The van der Waals surface area contributed by atoms with E-state index in [4.69, 9.17) is 5.73 Å². The van der Waals surface area contributed by atoms with Crippen LogP contribution in [0.3, 0.4) is 0 Å². The number of hydrogen-bond acceptors (Lipinski definition) is 3. The lowest BCUT2D eigenvalue weighted by molar-refractivity contribution is -0.117. The monoisotopic (exact) mass is 218 g/mol. The first kappa shape index (κ1) is 10.6. The molecule has 0 aliphatic rings. The average molecular weight is 218 g/mol. The predicted molar refractivity (Wildman–Crippen MR) is 61.6 cm³/mol. The summed E-state index contributed by atoms with van der Waals surface area (Å²) in [5, 5.41) is 11.1. The van der Waals surface area contributed by atoms with E-state index >= 15 is 0 Å². The molecule has 0 aliphatic heterocycles. The van der Waals surface area contributed by atoms with Crippen LogP contribution >= 0.6 is 0 Å². The van der Waals surface area contributed by atoms with Gasteiger partial charge in [0.05, 0.1) is 11.7 Å². The first-order chi connectivity index (χ1) is 7.75. The number of aromatic amines is 1. The van der Waals surface area contributed by atoms with Gasteiger partial charge in [0.25, 0.3) is 0 Å². The molecule has 1 aromatic carbocycles. The maximum atomic E-state index is 10.5. The summed E-state index contributed by atoms with van der Waals surface area (Å²) in [5.41, 5.74) is 7.22. The Labute approximate surface area is 93.0 Å². The molecule has 0 aliphatic carbocycles. The lowest BCUT2D eigenvalue weighted by atomic mass is 10.1. The molecule has 0 saturated heterocycles. The SMILES string of the molecule is NC(=O)CCNCc1ccc2cn[nH]c2c1. The second kappa shape index (κ2) is 4.76. The number of nitrogens with one attached hydrogen (secondary N) is 2. The van der Waals surface area contributed by atoms with Gasteiger partial charge in [0.2, 0.25) is 5.91 Å². The van der Waals surface area contributed by atoms with E-state index in [-0.39, 0.29) is 5.91 Å². The van der Waals surface area contributed by atoms with E-state index in [2.05, 4.69) is 15.5 Å². The van der Waals surface area contributed by atoms with Crippen LogP contribution in [0.15, 0.2) is 24.4 Å². The first-order valence-corrected chi connectivity index (χ1v) is 5.17. The van der Waals surface area contributed by atoms with E-state index in [9.17, 15) is 4.79 Å². The van der Waals surface area contributed by atoms with E-state index in [1.54, 1.807) is 6.20 Å². The molecule has 4 N–H and O–H groups in total. The van der Waals surface area contributed by atoms with E-state index in [1.807, 2.05) is 18.2 Å². The zero-order valence-corrected chi connectivity index (χ0v) is 8.86. The molecule has 1 heterocycles. The van der Waals surface area contributed by atoms with Crippen molar-refractivity contribution in [1.29, 1.82) is 0 Å². The van der Waals surface area contributed by atoms with Crippen LogP contribution < -0.4 is 11.1 Å². The second-order valence-corrected chi connectivity index (χ2v) is 3.68. The maximum absolute atomic E-state index is 10.5. The number of primary amides is 1. The van der Waals surface area contributed by atoms with Crippen molar-refractivity contribution >= 4 is 16.8 Å². The van der Waals surface area contributed by atoms with Crippen molar-refractivity contribution in [3.05, 3.63) is 30.0 Å². The molecule has 2 rings (SSSR count). The standard InChI is InChI=1S/C11H14N4O/c12-11(16)3-4-13-6-8-1-2-9-7-14-15-10(9)5-8/h1-2,5,7,13H,3-4,6H2,(H2,12,16)(H,14,15). The Bertz CT molecular complexity index is 491. The van der Waals surface area contributed by atoms with Crippen LogP contribution in [0, 0.1) is 0 Å². The maximum Gasteiger partial charge on any atom is 0.218 e. The highest BCUT2D eigenvalue weighted by atomic mass is 16.1. The molecule has 84 valence electrons. The summed E-state index contributed by atoms with van der Waals surface area (Å²) in [6.45, 7) is 1.33. The third kappa shape index (κ3) is 2.58. The smallest absolute Gasteiger partial charge is 0.218 e. The number of nitrogens with two attached hydrogens (primary N) is 1. The largest absolute Gasteiger partial charge is 0.370 e. The second-order valence-electron chi connectivity index (χ2n) is 3.68. The average Bonchev–Trinajstić information content (AvgIpc) is 2.71. The molecule has 0 bridgehead atoms. The molecule has 5 heteroatoms. The molecule has 1 amide bonds. The minimum atomic E-state index is -0.281. The van der Waals surface area contributed by atoms with Gasteiger partial charge in [-0.3, -0.25) is 9.89 Å². The van der Waals surface area contributed by atoms with Gasteiger partial charge in [0.15, 0.2) is 0 Å². The number of rotatable bonds is 5. The Morgan fingerprint density at radius 1 is 1.50 bits per heavy atom. The van der Waals surface area contributed by atoms with Crippen LogP contribution in [-0.4, -0.2) is 22.6 Å². The van der Waals surface area contributed by atoms with Gasteiger partial charge in [-0.05, 0) is 11.6 Å². The Kier molecular flexibility index (Phi) is 3.16. The van der Waals surface area contributed by atoms with Crippen molar-refractivity contribution in [2.45, 2.75) is 13.0 Å². The summed E-state index contributed by atoms with van der Waals surface area (Å²) in [6, 6.07) is 6.10. The zero-order chi connectivity index (χ0) is 11.4. The number of amides is 1.